The molecule has 2 aromatic rings. The highest BCUT2D eigenvalue weighted by atomic mass is 35.5. The third kappa shape index (κ3) is 4.72. The third-order valence-corrected chi connectivity index (χ3v) is 6.47. The van der Waals surface area contributed by atoms with E-state index in [0.29, 0.717) is 22.4 Å². The molecular weight excluding hydrogens is 372 g/mol. The molecule has 6 nitrogen and oxygen atoms in total. The monoisotopic (exact) mass is 394 g/mol. The van der Waals surface area contributed by atoms with Crippen LogP contribution in [0.25, 0.3) is 0 Å². The van der Waals surface area contributed by atoms with Gasteiger partial charge < -0.3 is 5.32 Å². The smallest absolute Gasteiger partial charge is 0.201 e. The summed E-state index contributed by atoms with van der Waals surface area (Å²) >= 11 is 5.83. The van der Waals surface area contributed by atoms with E-state index >= 15 is 0 Å². The van der Waals surface area contributed by atoms with Gasteiger partial charge in [-0.1, -0.05) is 30.7 Å². The Morgan fingerprint density at radius 3 is 2.62 bits per heavy atom. The summed E-state index contributed by atoms with van der Waals surface area (Å²) in [7, 11) is -3.54. The molecule has 8 heteroatoms. The average Bonchev–Trinajstić information content (AvgIpc) is 3.10. The summed E-state index contributed by atoms with van der Waals surface area (Å²) in [5.41, 5.74) is 0.666. The number of nitrogens with one attached hydrogen (secondary N) is 1. The van der Waals surface area contributed by atoms with Gasteiger partial charge in [0, 0.05) is 17.6 Å². The molecule has 0 amide bonds. The zero-order valence-corrected chi connectivity index (χ0v) is 16.3. The molecule has 26 heavy (non-hydrogen) atoms. The first-order valence-corrected chi connectivity index (χ1v) is 10.8. The lowest BCUT2D eigenvalue weighted by Crippen LogP contribution is -2.34. The Morgan fingerprint density at radius 1 is 1.19 bits per heavy atom. The lowest BCUT2D eigenvalue weighted by Gasteiger charge is -2.22. The van der Waals surface area contributed by atoms with Crippen LogP contribution in [0.15, 0.2) is 41.4 Å². The van der Waals surface area contributed by atoms with E-state index in [1.54, 1.807) is 30.3 Å². The Morgan fingerprint density at radius 2 is 1.96 bits per heavy atom. The zero-order chi connectivity index (χ0) is 18.6. The Bertz CT molecular complexity index is 825. The highest BCUT2D eigenvalue weighted by Gasteiger charge is 2.23. The summed E-state index contributed by atoms with van der Waals surface area (Å²) in [6.07, 6.45) is 2.38. The van der Waals surface area contributed by atoms with Crippen molar-refractivity contribution < 1.29 is 8.42 Å². The van der Waals surface area contributed by atoms with Gasteiger partial charge in [-0.2, -0.15) is 0 Å². The Kier molecular flexibility index (Phi) is 6.11. The topological polar surface area (TPSA) is 75.2 Å². The number of likely N-dealkylation sites (N-methyl/N-ethyl adjacent to an activating group) is 1. The number of sulfone groups is 1. The summed E-state index contributed by atoms with van der Waals surface area (Å²) < 4.78 is 25.0. The fourth-order valence-electron chi connectivity index (χ4n) is 3.22. The van der Waals surface area contributed by atoms with E-state index in [0.717, 1.165) is 19.6 Å². The Labute approximate surface area is 159 Å². The quantitative estimate of drug-likeness (QED) is 0.778. The van der Waals surface area contributed by atoms with Gasteiger partial charge in [0.25, 0.3) is 0 Å². The molecular formula is C18H23ClN4O2S. The number of rotatable bonds is 7. The fourth-order valence-corrected chi connectivity index (χ4v) is 4.56. The van der Waals surface area contributed by atoms with Crippen LogP contribution in [0.1, 0.15) is 25.3 Å². The van der Waals surface area contributed by atoms with Gasteiger partial charge in [0.15, 0.2) is 5.03 Å². The predicted octanol–water partition coefficient (Wildman–Crippen LogP) is 3.00. The molecule has 0 radical (unpaired) electrons. The minimum atomic E-state index is -3.54. The SMILES string of the molecule is CCN1CCC[C@H]1CNc1ccc(S(=O)(=O)Cc2ccc(Cl)cc2)nn1. The van der Waals surface area contributed by atoms with Crippen LogP contribution in [0, 0.1) is 0 Å². The van der Waals surface area contributed by atoms with E-state index in [1.807, 2.05) is 0 Å². The molecule has 0 spiro atoms. The minimum absolute atomic E-state index is 0.0194. The maximum absolute atomic E-state index is 12.5. The highest BCUT2D eigenvalue weighted by Crippen LogP contribution is 2.19. The number of halogens is 1. The average molecular weight is 395 g/mol. The van der Waals surface area contributed by atoms with Crippen LogP contribution in [0.3, 0.4) is 0 Å². The second kappa shape index (κ2) is 8.33. The van der Waals surface area contributed by atoms with Gasteiger partial charge >= 0.3 is 0 Å². The summed E-state index contributed by atoms with van der Waals surface area (Å²) in [6.45, 7) is 5.13. The number of likely N-dealkylation sites (tertiary alicyclic amines) is 1. The molecule has 1 aliphatic heterocycles. The molecule has 0 saturated carbocycles. The van der Waals surface area contributed by atoms with Crippen molar-refractivity contribution in [2.24, 2.45) is 0 Å². The molecule has 3 rings (SSSR count). The van der Waals surface area contributed by atoms with E-state index in [9.17, 15) is 8.42 Å². The van der Waals surface area contributed by atoms with Gasteiger partial charge in [0.05, 0.1) is 5.75 Å². The molecule has 1 N–H and O–H groups in total. The molecule has 140 valence electrons. The van der Waals surface area contributed by atoms with Gasteiger partial charge in [0.2, 0.25) is 9.84 Å². The largest absolute Gasteiger partial charge is 0.367 e. The second-order valence-electron chi connectivity index (χ2n) is 6.45. The van der Waals surface area contributed by atoms with Crippen LogP contribution in [-0.4, -0.2) is 49.2 Å². The number of aromatic nitrogens is 2. The van der Waals surface area contributed by atoms with Crippen LogP contribution in [0.5, 0.6) is 0 Å². The van der Waals surface area contributed by atoms with E-state index in [1.165, 1.54) is 18.9 Å². The van der Waals surface area contributed by atoms with Crippen molar-refractivity contribution in [2.45, 2.75) is 36.6 Å². The van der Waals surface area contributed by atoms with E-state index < -0.39 is 9.84 Å². The maximum atomic E-state index is 12.5. The van der Waals surface area contributed by atoms with Crippen molar-refractivity contribution in [3.63, 3.8) is 0 Å². The molecule has 1 aliphatic rings. The van der Waals surface area contributed by atoms with Crippen molar-refractivity contribution in [1.29, 1.82) is 0 Å². The molecule has 0 aliphatic carbocycles. The lowest BCUT2D eigenvalue weighted by molar-refractivity contribution is 0.277. The van der Waals surface area contributed by atoms with E-state index in [2.05, 4.69) is 27.3 Å². The number of benzene rings is 1. The van der Waals surface area contributed by atoms with E-state index in [-0.39, 0.29) is 10.8 Å². The van der Waals surface area contributed by atoms with Gasteiger partial charge in [-0.05, 0) is 55.8 Å². The van der Waals surface area contributed by atoms with Gasteiger partial charge in [-0.15, -0.1) is 10.2 Å². The first kappa shape index (κ1) is 19.1. The highest BCUT2D eigenvalue weighted by molar-refractivity contribution is 7.90. The lowest BCUT2D eigenvalue weighted by atomic mass is 10.2. The standard InChI is InChI=1S/C18H23ClN4O2S/c1-2-23-11-3-4-16(23)12-20-17-9-10-18(22-21-17)26(24,25)13-14-5-7-15(19)8-6-14/h5-10,16H,2-4,11-13H2,1H3,(H,20,21)/t16-/m0/s1. The predicted molar refractivity (Wildman–Crippen MR) is 103 cm³/mol. The molecule has 1 aromatic heterocycles. The summed E-state index contributed by atoms with van der Waals surface area (Å²) in [6, 6.07) is 10.4. The van der Waals surface area contributed by atoms with Crippen LogP contribution in [0.4, 0.5) is 5.82 Å². The summed E-state index contributed by atoms with van der Waals surface area (Å²) in [5.74, 6) is 0.470. The Balaban J connectivity index is 1.62. The maximum Gasteiger partial charge on any atom is 0.201 e. The van der Waals surface area contributed by atoms with Gasteiger partial charge in [-0.3, -0.25) is 4.90 Å². The fraction of sp³-hybridized carbons (Fsp3) is 0.444. The number of nitrogens with zero attached hydrogens (tertiary/aromatic N) is 3. The molecule has 0 unspecified atom stereocenters. The molecule has 1 atom stereocenters. The minimum Gasteiger partial charge on any atom is -0.367 e. The van der Waals surface area contributed by atoms with E-state index in [4.69, 9.17) is 11.6 Å². The summed E-state index contributed by atoms with van der Waals surface area (Å²) in [4.78, 5) is 2.44. The van der Waals surface area contributed by atoms with Crippen molar-refractivity contribution in [2.75, 3.05) is 25.0 Å². The van der Waals surface area contributed by atoms with Gasteiger partial charge in [-0.25, -0.2) is 8.42 Å². The zero-order valence-electron chi connectivity index (χ0n) is 14.7. The first-order valence-electron chi connectivity index (χ1n) is 8.77. The van der Waals surface area contributed by atoms with Crippen molar-refractivity contribution >= 4 is 27.3 Å². The van der Waals surface area contributed by atoms with Crippen LogP contribution in [-0.2, 0) is 15.6 Å². The normalized spacial score (nSPS) is 18.2. The first-order chi connectivity index (χ1) is 12.5. The molecule has 1 fully saturated rings. The number of hydrogen-bond donors (Lipinski definition) is 1. The number of hydrogen-bond acceptors (Lipinski definition) is 6. The third-order valence-electron chi connectivity index (χ3n) is 4.65. The van der Waals surface area contributed by atoms with Crippen LogP contribution in [0.2, 0.25) is 5.02 Å². The van der Waals surface area contributed by atoms with Crippen molar-refractivity contribution in [3.8, 4) is 0 Å². The number of anilines is 1. The molecule has 2 heterocycles. The molecule has 1 aromatic carbocycles. The summed E-state index contributed by atoms with van der Waals surface area (Å²) in [5, 5.41) is 11.8. The Hall–Kier alpha value is -1.70. The second-order valence-corrected chi connectivity index (χ2v) is 8.82. The molecule has 1 saturated heterocycles. The van der Waals surface area contributed by atoms with Crippen molar-refractivity contribution in [1.82, 2.24) is 15.1 Å². The van der Waals surface area contributed by atoms with Crippen LogP contribution < -0.4 is 5.32 Å². The van der Waals surface area contributed by atoms with Crippen LogP contribution >= 0.6 is 11.6 Å². The molecule has 0 bridgehead atoms. The van der Waals surface area contributed by atoms with Crippen molar-refractivity contribution in [3.05, 3.63) is 47.0 Å². The van der Waals surface area contributed by atoms with Gasteiger partial charge in [0.1, 0.15) is 5.82 Å².